The summed E-state index contributed by atoms with van der Waals surface area (Å²) in [5.74, 6) is 2.88. The number of rotatable bonds is 8. The molecule has 1 atom stereocenters. The molecule has 1 unspecified atom stereocenters. The third-order valence-electron chi connectivity index (χ3n) is 3.62. The van der Waals surface area contributed by atoms with E-state index in [1.807, 2.05) is 17.0 Å². The van der Waals surface area contributed by atoms with Gasteiger partial charge in [-0.3, -0.25) is 0 Å². The Labute approximate surface area is 141 Å². The second-order valence-corrected chi connectivity index (χ2v) is 5.24. The Kier molecular flexibility index (Phi) is 6.84. The first kappa shape index (κ1) is 18.0. The Morgan fingerprint density at radius 1 is 1.17 bits per heavy atom. The highest BCUT2D eigenvalue weighted by atomic mass is 16.5. The number of nitrogens with zero attached hydrogens (tertiary/aromatic N) is 2. The van der Waals surface area contributed by atoms with Crippen molar-refractivity contribution in [1.29, 1.82) is 0 Å². The number of nitrogens with two attached hydrogens (primary N) is 1. The molecule has 24 heavy (non-hydrogen) atoms. The third kappa shape index (κ3) is 4.37. The summed E-state index contributed by atoms with van der Waals surface area (Å²) in [5.41, 5.74) is 9.00. The molecule has 0 bridgehead atoms. The highest BCUT2D eigenvalue weighted by Crippen LogP contribution is 2.35. The van der Waals surface area contributed by atoms with Crippen molar-refractivity contribution >= 4 is 17.2 Å². The van der Waals surface area contributed by atoms with Crippen LogP contribution in [0.1, 0.15) is 11.7 Å². The highest BCUT2D eigenvalue weighted by Gasteiger charge is 2.23. The predicted octanol–water partition coefficient (Wildman–Crippen LogP) is 0.233. The molecule has 0 saturated heterocycles. The number of hydrogen-bond donors (Lipinski definition) is 4. The summed E-state index contributed by atoms with van der Waals surface area (Å²) in [7, 11) is 0. The van der Waals surface area contributed by atoms with Crippen LogP contribution in [0.3, 0.4) is 0 Å². The van der Waals surface area contributed by atoms with Gasteiger partial charge in [0.15, 0.2) is 6.10 Å². The van der Waals surface area contributed by atoms with E-state index in [1.165, 1.54) is 0 Å². The van der Waals surface area contributed by atoms with E-state index in [-0.39, 0.29) is 26.4 Å². The monoisotopic (exact) mass is 333 g/mol. The van der Waals surface area contributed by atoms with Crippen molar-refractivity contribution in [2.45, 2.75) is 6.10 Å². The first-order valence-corrected chi connectivity index (χ1v) is 7.79. The summed E-state index contributed by atoms with van der Waals surface area (Å²) in [4.78, 5) is 5.88. The zero-order chi connectivity index (χ0) is 17.4. The number of nitrogen functional groups attached to an aromatic ring is 1. The van der Waals surface area contributed by atoms with E-state index in [2.05, 4.69) is 10.9 Å². The summed E-state index contributed by atoms with van der Waals surface area (Å²) in [5, 5.41) is 27.2. The Hall–Kier alpha value is -2.31. The zero-order valence-corrected chi connectivity index (χ0v) is 13.4. The van der Waals surface area contributed by atoms with Crippen LogP contribution in [-0.2, 0) is 4.74 Å². The maximum atomic E-state index is 9.19. The van der Waals surface area contributed by atoms with Crippen molar-refractivity contribution in [2.24, 2.45) is 4.99 Å². The van der Waals surface area contributed by atoms with E-state index >= 15 is 0 Å². The average Bonchev–Trinajstić information content (AvgIpc) is 3.04. The van der Waals surface area contributed by atoms with E-state index in [9.17, 15) is 10.2 Å². The fraction of sp³-hybridized carbons (Fsp3) is 0.412. The lowest BCUT2D eigenvalue weighted by atomic mass is 10.0. The summed E-state index contributed by atoms with van der Waals surface area (Å²) < 4.78 is 5.62. The standard InChI is InChI=1S/C17H23N3O4/c18-16-2-1-14(20(5-8-22)6-9-23)11-15(16)17-13(3-10-24-17)12-19-4-7-21/h1-3,10-11,17,21-23H,4-9,18H2. The van der Waals surface area contributed by atoms with Crippen molar-refractivity contribution in [3.8, 4) is 0 Å². The summed E-state index contributed by atoms with van der Waals surface area (Å²) >= 11 is 0. The smallest absolute Gasteiger partial charge is 0.159 e. The molecule has 0 radical (unpaired) electrons. The molecule has 1 aromatic carbocycles. The molecule has 1 heterocycles. The SMILES string of the molecule is Nc1ccc(N(CCO)CCO)cc1C1OC=CC1=C=NCCO. The molecule has 5 N–H and O–H groups in total. The summed E-state index contributed by atoms with van der Waals surface area (Å²) in [6.45, 7) is 1.04. The van der Waals surface area contributed by atoms with Gasteiger partial charge in [0.25, 0.3) is 0 Å². The average molecular weight is 333 g/mol. The van der Waals surface area contributed by atoms with E-state index in [0.29, 0.717) is 18.8 Å². The fourth-order valence-corrected chi connectivity index (χ4v) is 2.48. The van der Waals surface area contributed by atoms with E-state index < -0.39 is 6.10 Å². The lowest BCUT2D eigenvalue weighted by molar-refractivity contribution is 0.202. The number of benzene rings is 1. The lowest BCUT2D eigenvalue weighted by Gasteiger charge is -2.25. The van der Waals surface area contributed by atoms with Crippen LogP contribution < -0.4 is 10.6 Å². The van der Waals surface area contributed by atoms with Crippen molar-refractivity contribution in [1.82, 2.24) is 0 Å². The highest BCUT2D eigenvalue weighted by molar-refractivity contribution is 5.69. The van der Waals surface area contributed by atoms with Gasteiger partial charge in [0, 0.05) is 30.0 Å². The minimum Gasteiger partial charge on any atom is -0.488 e. The van der Waals surface area contributed by atoms with Gasteiger partial charge < -0.3 is 30.7 Å². The molecule has 0 aromatic heterocycles. The van der Waals surface area contributed by atoms with Crippen LogP contribution in [0, 0.1) is 0 Å². The quantitative estimate of drug-likeness (QED) is 0.400. The normalized spacial score (nSPS) is 16.0. The second-order valence-electron chi connectivity index (χ2n) is 5.24. The zero-order valence-electron chi connectivity index (χ0n) is 13.4. The summed E-state index contributed by atoms with van der Waals surface area (Å²) in [6, 6.07) is 5.50. The van der Waals surface area contributed by atoms with E-state index in [1.54, 1.807) is 18.4 Å². The number of aliphatic imine (C=N–C) groups is 1. The molecule has 0 aliphatic carbocycles. The predicted molar refractivity (Wildman–Crippen MR) is 93.1 cm³/mol. The fourth-order valence-electron chi connectivity index (χ4n) is 2.48. The first-order chi connectivity index (χ1) is 11.7. The minimum absolute atomic E-state index is 0.0137. The Morgan fingerprint density at radius 2 is 1.92 bits per heavy atom. The van der Waals surface area contributed by atoms with E-state index in [4.69, 9.17) is 15.6 Å². The second kappa shape index (κ2) is 9.10. The largest absolute Gasteiger partial charge is 0.488 e. The van der Waals surface area contributed by atoms with Crippen LogP contribution in [0.2, 0.25) is 0 Å². The Morgan fingerprint density at radius 3 is 2.58 bits per heavy atom. The molecular formula is C17H23N3O4. The number of hydrogen-bond acceptors (Lipinski definition) is 7. The summed E-state index contributed by atoms with van der Waals surface area (Å²) in [6.07, 6.45) is 2.90. The van der Waals surface area contributed by atoms with Gasteiger partial charge >= 0.3 is 0 Å². The molecule has 2 rings (SSSR count). The number of ether oxygens (including phenoxy) is 1. The van der Waals surface area contributed by atoms with Gasteiger partial charge in [-0.1, -0.05) is 0 Å². The molecule has 0 fully saturated rings. The van der Waals surface area contributed by atoms with Crippen LogP contribution in [0.4, 0.5) is 11.4 Å². The topological polar surface area (TPSA) is 112 Å². The van der Waals surface area contributed by atoms with Crippen LogP contribution in [0.25, 0.3) is 0 Å². The molecule has 1 aromatic rings. The molecule has 0 saturated carbocycles. The number of aliphatic hydroxyl groups is 3. The Balaban J connectivity index is 2.32. The third-order valence-corrected chi connectivity index (χ3v) is 3.62. The minimum atomic E-state index is -0.419. The van der Waals surface area contributed by atoms with Crippen molar-refractivity contribution in [3.05, 3.63) is 41.7 Å². The lowest BCUT2D eigenvalue weighted by Crippen LogP contribution is -2.29. The molecule has 0 amide bonds. The van der Waals surface area contributed by atoms with Crippen LogP contribution >= 0.6 is 0 Å². The molecule has 0 spiro atoms. The van der Waals surface area contributed by atoms with Gasteiger partial charge in [0.1, 0.15) is 0 Å². The first-order valence-electron chi connectivity index (χ1n) is 7.79. The van der Waals surface area contributed by atoms with Crippen LogP contribution in [0.15, 0.2) is 41.1 Å². The molecule has 1 aliphatic rings. The maximum Gasteiger partial charge on any atom is 0.159 e. The van der Waals surface area contributed by atoms with Gasteiger partial charge in [0.2, 0.25) is 0 Å². The van der Waals surface area contributed by atoms with Gasteiger partial charge in [0.05, 0.1) is 38.2 Å². The van der Waals surface area contributed by atoms with Gasteiger partial charge in [-0.2, -0.15) is 0 Å². The molecule has 1 aliphatic heterocycles. The van der Waals surface area contributed by atoms with E-state index in [0.717, 1.165) is 16.8 Å². The van der Waals surface area contributed by atoms with Crippen LogP contribution in [-0.4, -0.2) is 60.6 Å². The van der Waals surface area contributed by atoms with Crippen molar-refractivity contribution in [2.75, 3.05) is 50.1 Å². The maximum absolute atomic E-state index is 9.19. The molecule has 130 valence electrons. The van der Waals surface area contributed by atoms with Crippen molar-refractivity contribution in [3.63, 3.8) is 0 Å². The van der Waals surface area contributed by atoms with Gasteiger partial charge in [-0.05, 0) is 30.1 Å². The molecule has 7 nitrogen and oxygen atoms in total. The van der Waals surface area contributed by atoms with Gasteiger partial charge in [-0.25, -0.2) is 4.99 Å². The molecule has 7 heteroatoms. The molecular weight excluding hydrogens is 310 g/mol. The number of anilines is 2. The van der Waals surface area contributed by atoms with Crippen LogP contribution in [0.5, 0.6) is 0 Å². The Bertz CT molecular complexity index is 633. The van der Waals surface area contributed by atoms with Gasteiger partial charge in [-0.15, -0.1) is 0 Å². The number of aliphatic hydroxyl groups excluding tert-OH is 3. The van der Waals surface area contributed by atoms with Crippen molar-refractivity contribution < 1.29 is 20.1 Å².